The van der Waals surface area contributed by atoms with Crippen molar-refractivity contribution in [2.75, 3.05) is 48.2 Å². The molecule has 0 fully saturated rings. The van der Waals surface area contributed by atoms with Crippen LogP contribution < -0.4 is 14.9 Å². The molecule has 1 heterocycles. The van der Waals surface area contributed by atoms with Crippen molar-refractivity contribution >= 4 is 33.4 Å². The van der Waals surface area contributed by atoms with Crippen molar-refractivity contribution < 1.29 is 8.42 Å². The molecule has 0 bridgehead atoms. The number of fused-ring (bicyclic) bond motifs is 1. The first-order valence-corrected chi connectivity index (χ1v) is 12.2. The predicted molar refractivity (Wildman–Crippen MR) is 113 cm³/mol. The Morgan fingerprint density at radius 3 is 2.85 bits per heavy atom. The number of hydrogen-bond donors (Lipinski definition) is 2. The van der Waals surface area contributed by atoms with Crippen molar-refractivity contribution in [3.05, 3.63) is 29.8 Å². The maximum atomic E-state index is 12.7. The summed E-state index contributed by atoms with van der Waals surface area (Å²) in [5.74, 6) is 1.89. The van der Waals surface area contributed by atoms with Crippen molar-refractivity contribution in [3.63, 3.8) is 0 Å². The van der Waals surface area contributed by atoms with E-state index in [1.54, 1.807) is 0 Å². The van der Waals surface area contributed by atoms with Crippen LogP contribution in [-0.4, -0.2) is 58.3 Å². The van der Waals surface area contributed by atoms with Gasteiger partial charge in [-0.2, -0.15) is 11.8 Å². The summed E-state index contributed by atoms with van der Waals surface area (Å²) in [6.45, 7) is 4.39. The summed E-state index contributed by atoms with van der Waals surface area (Å²) >= 11 is 1.84. The van der Waals surface area contributed by atoms with E-state index in [0.29, 0.717) is 19.0 Å². The number of benzene rings is 1. The lowest BCUT2D eigenvalue weighted by Crippen LogP contribution is -2.42. The zero-order valence-corrected chi connectivity index (χ0v) is 17.3. The molecule has 1 aliphatic rings. The van der Waals surface area contributed by atoms with Crippen molar-refractivity contribution in [2.24, 2.45) is 4.99 Å². The summed E-state index contributed by atoms with van der Waals surface area (Å²) in [4.78, 5) is 4.52. The van der Waals surface area contributed by atoms with Gasteiger partial charge in [-0.1, -0.05) is 18.2 Å². The van der Waals surface area contributed by atoms with Crippen LogP contribution in [0.3, 0.4) is 0 Å². The molecule has 1 aromatic carbocycles. The van der Waals surface area contributed by atoms with Crippen LogP contribution >= 0.6 is 11.8 Å². The third-order valence-electron chi connectivity index (χ3n) is 4.20. The van der Waals surface area contributed by atoms with E-state index in [1.165, 1.54) is 4.31 Å². The van der Waals surface area contributed by atoms with Gasteiger partial charge in [0.1, 0.15) is 0 Å². The fraction of sp³-hybridized carbons (Fsp3) is 0.611. The summed E-state index contributed by atoms with van der Waals surface area (Å²) in [6, 6.07) is 7.72. The fourth-order valence-corrected chi connectivity index (χ4v) is 4.82. The molecule has 146 valence electrons. The maximum absolute atomic E-state index is 12.7. The third-order valence-corrected chi connectivity index (χ3v) is 6.67. The Hall–Kier alpha value is -1.41. The van der Waals surface area contributed by atoms with E-state index in [1.807, 2.05) is 43.0 Å². The third kappa shape index (κ3) is 6.09. The highest BCUT2D eigenvalue weighted by Gasteiger charge is 2.28. The van der Waals surface area contributed by atoms with E-state index in [0.717, 1.165) is 49.4 Å². The van der Waals surface area contributed by atoms with E-state index >= 15 is 0 Å². The maximum Gasteiger partial charge on any atom is 0.236 e. The number of hydrogen-bond acceptors (Lipinski definition) is 4. The smallest absolute Gasteiger partial charge is 0.236 e. The van der Waals surface area contributed by atoms with Crippen LogP contribution in [0.5, 0.6) is 0 Å². The molecule has 2 N–H and O–H groups in total. The minimum Gasteiger partial charge on any atom is -0.357 e. The summed E-state index contributed by atoms with van der Waals surface area (Å²) < 4.78 is 26.9. The molecular formula is C18H30N4O2S2. The molecule has 6 nitrogen and oxygen atoms in total. The first-order chi connectivity index (χ1) is 12.6. The largest absolute Gasteiger partial charge is 0.357 e. The molecule has 26 heavy (non-hydrogen) atoms. The molecule has 0 atom stereocenters. The second-order valence-electron chi connectivity index (χ2n) is 6.15. The number of sulfonamides is 1. The molecule has 0 spiro atoms. The number of para-hydroxylation sites is 1. The zero-order valence-electron chi connectivity index (χ0n) is 15.7. The van der Waals surface area contributed by atoms with Crippen LogP contribution in [0.1, 0.15) is 25.3 Å². The highest BCUT2D eigenvalue weighted by Crippen LogP contribution is 2.29. The van der Waals surface area contributed by atoms with Crippen LogP contribution in [-0.2, 0) is 16.4 Å². The molecule has 0 aliphatic carbocycles. The lowest BCUT2D eigenvalue weighted by atomic mass is 10.2. The molecular weight excluding hydrogens is 368 g/mol. The second-order valence-corrected chi connectivity index (χ2v) is 9.15. The van der Waals surface area contributed by atoms with Gasteiger partial charge in [-0.05, 0) is 49.8 Å². The fourth-order valence-electron chi connectivity index (χ4n) is 2.90. The van der Waals surface area contributed by atoms with Crippen molar-refractivity contribution in [1.82, 2.24) is 10.6 Å². The molecule has 0 radical (unpaired) electrons. The molecule has 8 heteroatoms. The lowest BCUT2D eigenvalue weighted by molar-refractivity contribution is 0.591. The molecule has 1 aromatic rings. The number of thioether (sulfide) groups is 1. The van der Waals surface area contributed by atoms with Crippen molar-refractivity contribution in [1.29, 1.82) is 0 Å². The first kappa shape index (κ1) is 20.9. The van der Waals surface area contributed by atoms with Crippen LogP contribution in [0.15, 0.2) is 29.3 Å². The number of nitrogens with zero attached hydrogens (tertiary/aromatic N) is 2. The van der Waals surface area contributed by atoms with Gasteiger partial charge in [0, 0.05) is 26.2 Å². The highest BCUT2D eigenvalue weighted by molar-refractivity contribution is 7.98. The van der Waals surface area contributed by atoms with Crippen molar-refractivity contribution in [2.45, 2.75) is 26.2 Å². The summed E-state index contributed by atoms with van der Waals surface area (Å²) in [5, 5.41) is 6.31. The topological polar surface area (TPSA) is 73.8 Å². The molecule has 1 aliphatic heterocycles. The quantitative estimate of drug-likeness (QED) is 0.359. The number of aliphatic imine (C=N–C) groups is 1. The lowest BCUT2D eigenvalue weighted by Gasteiger charge is -2.20. The minimum atomic E-state index is -3.33. The molecule has 0 aromatic heterocycles. The van der Waals surface area contributed by atoms with Gasteiger partial charge in [0.05, 0.1) is 11.4 Å². The summed E-state index contributed by atoms with van der Waals surface area (Å²) in [6.07, 6.45) is 5.07. The number of nitrogens with one attached hydrogen (secondary N) is 2. The van der Waals surface area contributed by atoms with Crippen LogP contribution in [0.25, 0.3) is 0 Å². The molecule has 0 saturated heterocycles. The molecule has 0 amide bonds. The van der Waals surface area contributed by atoms with Gasteiger partial charge >= 0.3 is 0 Å². The normalized spacial score (nSPS) is 14.4. The average molecular weight is 399 g/mol. The van der Waals surface area contributed by atoms with E-state index in [9.17, 15) is 8.42 Å². The SMILES string of the molecule is CCNC(=NCCCCSC)NCCS(=O)(=O)N1CCc2ccccc21. The second kappa shape index (κ2) is 10.7. The standard InChI is InChI=1S/C18H30N4O2S2/c1-3-19-18(20-11-6-7-14-25-2)21-12-15-26(23,24)22-13-10-16-8-4-5-9-17(16)22/h4-5,8-9H,3,6-7,10-15H2,1-2H3,(H2,19,20,21). The monoisotopic (exact) mass is 398 g/mol. The number of anilines is 1. The van der Waals surface area contributed by atoms with Gasteiger partial charge < -0.3 is 10.6 Å². The number of guanidine groups is 1. The zero-order chi connectivity index (χ0) is 18.8. The first-order valence-electron chi connectivity index (χ1n) is 9.18. The Morgan fingerprint density at radius 1 is 1.27 bits per heavy atom. The van der Waals surface area contributed by atoms with Gasteiger partial charge in [0.15, 0.2) is 5.96 Å². The van der Waals surface area contributed by atoms with E-state index in [-0.39, 0.29) is 5.75 Å². The van der Waals surface area contributed by atoms with E-state index in [4.69, 9.17) is 0 Å². The summed E-state index contributed by atoms with van der Waals surface area (Å²) in [5.41, 5.74) is 1.92. The average Bonchev–Trinajstić information content (AvgIpc) is 3.06. The van der Waals surface area contributed by atoms with Gasteiger partial charge in [0.2, 0.25) is 10.0 Å². The Labute approximate surface area is 161 Å². The van der Waals surface area contributed by atoms with Crippen LogP contribution in [0.4, 0.5) is 5.69 Å². The van der Waals surface area contributed by atoms with Crippen LogP contribution in [0, 0.1) is 0 Å². The van der Waals surface area contributed by atoms with Gasteiger partial charge in [-0.3, -0.25) is 9.30 Å². The molecule has 0 saturated carbocycles. The Balaban J connectivity index is 1.85. The molecule has 0 unspecified atom stereocenters. The van der Waals surface area contributed by atoms with Crippen molar-refractivity contribution in [3.8, 4) is 0 Å². The minimum absolute atomic E-state index is 0.0538. The van der Waals surface area contributed by atoms with Crippen LogP contribution in [0.2, 0.25) is 0 Å². The van der Waals surface area contributed by atoms with Gasteiger partial charge in [0.25, 0.3) is 0 Å². The number of rotatable bonds is 10. The van der Waals surface area contributed by atoms with E-state index in [2.05, 4.69) is 21.9 Å². The predicted octanol–water partition coefficient (Wildman–Crippen LogP) is 2.08. The summed E-state index contributed by atoms with van der Waals surface area (Å²) in [7, 11) is -3.33. The Bertz CT molecular complexity index is 692. The van der Waals surface area contributed by atoms with Gasteiger partial charge in [-0.25, -0.2) is 8.42 Å². The van der Waals surface area contributed by atoms with E-state index < -0.39 is 10.0 Å². The Morgan fingerprint density at radius 2 is 2.08 bits per heavy atom. The Kier molecular flexibility index (Phi) is 8.58. The highest BCUT2D eigenvalue weighted by atomic mass is 32.2. The number of unbranched alkanes of at least 4 members (excludes halogenated alkanes) is 1. The van der Waals surface area contributed by atoms with Gasteiger partial charge in [-0.15, -0.1) is 0 Å². The molecule has 2 rings (SSSR count).